The average molecular weight is 448 g/mol. The number of aliphatic hydroxyl groups excluding tert-OH is 1. The van der Waals surface area contributed by atoms with Gasteiger partial charge in [0.2, 0.25) is 5.91 Å². The Morgan fingerprint density at radius 1 is 0.970 bits per heavy atom. The number of carbonyl (C=O) groups excluding carboxylic acids is 3. The molecule has 2 atom stereocenters. The van der Waals surface area contributed by atoms with E-state index in [1.165, 1.54) is 24.5 Å². The van der Waals surface area contributed by atoms with Gasteiger partial charge in [0.05, 0.1) is 19.2 Å². The van der Waals surface area contributed by atoms with E-state index in [1.54, 1.807) is 24.3 Å². The van der Waals surface area contributed by atoms with Gasteiger partial charge in [-0.05, 0) is 60.7 Å². The molecule has 0 bridgehead atoms. The summed E-state index contributed by atoms with van der Waals surface area (Å²) in [6.45, 7) is 1.42. The van der Waals surface area contributed by atoms with Crippen molar-refractivity contribution in [3.8, 4) is 23.7 Å². The maximum absolute atomic E-state index is 12.3. The quantitative estimate of drug-likeness (QED) is 0.147. The van der Waals surface area contributed by atoms with Gasteiger partial charge in [-0.25, -0.2) is 5.48 Å². The van der Waals surface area contributed by atoms with Crippen molar-refractivity contribution in [1.82, 2.24) is 16.1 Å². The summed E-state index contributed by atoms with van der Waals surface area (Å²) in [5.74, 6) is 9.58. The average Bonchev–Trinajstić information content (AvgIpc) is 2.81. The van der Waals surface area contributed by atoms with Crippen LogP contribution in [0.1, 0.15) is 34.0 Å². The molecule has 0 aromatic heterocycles. The van der Waals surface area contributed by atoms with Crippen LogP contribution in [0.4, 0.5) is 0 Å². The molecular formula is C24H24N4O5. The van der Waals surface area contributed by atoms with Crippen LogP contribution in [-0.4, -0.2) is 46.8 Å². The topological polar surface area (TPSA) is 154 Å². The van der Waals surface area contributed by atoms with Gasteiger partial charge in [0.15, 0.2) is 0 Å². The first-order chi connectivity index (χ1) is 15.8. The zero-order valence-electron chi connectivity index (χ0n) is 17.9. The number of hydrogen-bond acceptors (Lipinski definition) is 6. The number of amides is 3. The standard InChI is InChI=1S/C24H24N4O5/c1-16(29)22(24(32)28-33)27-23(31)20-12-10-18(11-13-20)5-3-2-4-17-6-8-19(9-7-17)14-21(30)26-15-25/h6-13,16,22,29,33H,14-15,25H2,1H3,(H,26,30)(H,27,31)(H,28,32)/t16-,22+/m1/s1. The van der Waals surface area contributed by atoms with Crippen LogP contribution in [0, 0.1) is 23.7 Å². The molecule has 3 amide bonds. The molecule has 0 saturated heterocycles. The predicted octanol–water partition coefficient (Wildman–Crippen LogP) is -0.351. The largest absolute Gasteiger partial charge is 0.391 e. The molecule has 2 rings (SSSR count). The second-order valence-corrected chi connectivity index (χ2v) is 6.92. The van der Waals surface area contributed by atoms with E-state index in [9.17, 15) is 19.5 Å². The lowest BCUT2D eigenvalue weighted by Crippen LogP contribution is -2.51. The van der Waals surface area contributed by atoms with E-state index in [0.29, 0.717) is 5.56 Å². The first-order valence-corrected chi connectivity index (χ1v) is 9.94. The smallest absolute Gasteiger partial charge is 0.268 e. The molecule has 33 heavy (non-hydrogen) atoms. The number of nitrogens with one attached hydrogen (secondary N) is 3. The molecule has 0 aliphatic rings. The summed E-state index contributed by atoms with van der Waals surface area (Å²) >= 11 is 0. The number of carbonyl (C=O) groups is 3. The Kier molecular flexibility index (Phi) is 9.62. The fourth-order valence-electron chi connectivity index (χ4n) is 2.68. The van der Waals surface area contributed by atoms with Gasteiger partial charge < -0.3 is 21.5 Å². The maximum atomic E-state index is 12.3. The predicted molar refractivity (Wildman–Crippen MR) is 120 cm³/mol. The molecule has 0 unspecified atom stereocenters. The molecule has 9 nitrogen and oxygen atoms in total. The Morgan fingerprint density at radius 2 is 1.52 bits per heavy atom. The van der Waals surface area contributed by atoms with E-state index in [2.05, 4.69) is 34.3 Å². The van der Waals surface area contributed by atoms with Gasteiger partial charge in [-0.15, -0.1) is 0 Å². The van der Waals surface area contributed by atoms with Crippen molar-refractivity contribution in [3.05, 3.63) is 70.8 Å². The summed E-state index contributed by atoms with van der Waals surface area (Å²) in [4.78, 5) is 35.3. The van der Waals surface area contributed by atoms with Crippen LogP contribution in [0.3, 0.4) is 0 Å². The zero-order chi connectivity index (χ0) is 24.2. The molecule has 7 N–H and O–H groups in total. The Morgan fingerprint density at radius 3 is 2.00 bits per heavy atom. The first kappa shape index (κ1) is 25.1. The van der Waals surface area contributed by atoms with Crippen molar-refractivity contribution in [3.63, 3.8) is 0 Å². The monoisotopic (exact) mass is 448 g/mol. The van der Waals surface area contributed by atoms with Crippen molar-refractivity contribution in [2.24, 2.45) is 5.73 Å². The highest BCUT2D eigenvalue weighted by molar-refractivity contribution is 5.97. The molecular weight excluding hydrogens is 424 g/mol. The summed E-state index contributed by atoms with van der Waals surface area (Å²) in [7, 11) is 0. The van der Waals surface area contributed by atoms with Gasteiger partial charge >= 0.3 is 0 Å². The van der Waals surface area contributed by atoms with Gasteiger partial charge in [0, 0.05) is 16.7 Å². The SMILES string of the molecule is C[C@@H](O)[C@H](NC(=O)c1ccc(C#CC#Cc2ccc(CC(=O)NCN)cc2)cc1)C(=O)NO. The van der Waals surface area contributed by atoms with Crippen molar-refractivity contribution in [1.29, 1.82) is 0 Å². The highest BCUT2D eigenvalue weighted by Gasteiger charge is 2.25. The highest BCUT2D eigenvalue weighted by Crippen LogP contribution is 2.06. The van der Waals surface area contributed by atoms with Crippen LogP contribution < -0.4 is 21.8 Å². The lowest BCUT2D eigenvalue weighted by molar-refractivity contribution is -0.133. The molecule has 0 saturated carbocycles. The third kappa shape index (κ3) is 8.13. The highest BCUT2D eigenvalue weighted by atomic mass is 16.5. The molecule has 9 heteroatoms. The molecule has 0 aliphatic heterocycles. The number of benzene rings is 2. The number of aliphatic hydroxyl groups is 1. The minimum Gasteiger partial charge on any atom is -0.391 e. The Balaban J connectivity index is 1.97. The van der Waals surface area contributed by atoms with Crippen molar-refractivity contribution >= 4 is 17.7 Å². The van der Waals surface area contributed by atoms with Gasteiger partial charge in [-0.2, -0.15) is 0 Å². The zero-order valence-corrected chi connectivity index (χ0v) is 17.9. The number of hydroxylamine groups is 1. The minimum absolute atomic E-state index is 0.101. The lowest BCUT2D eigenvalue weighted by Gasteiger charge is -2.19. The molecule has 0 radical (unpaired) electrons. The Hall–Kier alpha value is -4.15. The summed E-state index contributed by atoms with van der Waals surface area (Å²) in [5, 5.41) is 23.2. The van der Waals surface area contributed by atoms with Crippen LogP contribution in [0.2, 0.25) is 0 Å². The van der Waals surface area contributed by atoms with E-state index >= 15 is 0 Å². The van der Waals surface area contributed by atoms with Crippen LogP contribution in [0.25, 0.3) is 0 Å². The second kappa shape index (κ2) is 12.6. The number of hydrogen-bond donors (Lipinski definition) is 6. The van der Waals surface area contributed by atoms with Gasteiger partial charge in [0.1, 0.15) is 6.04 Å². The summed E-state index contributed by atoms with van der Waals surface area (Å²) < 4.78 is 0. The van der Waals surface area contributed by atoms with E-state index in [1.807, 2.05) is 12.1 Å². The van der Waals surface area contributed by atoms with Crippen molar-refractivity contribution < 1.29 is 24.7 Å². The molecule has 0 aliphatic carbocycles. The van der Waals surface area contributed by atoms with Crippen LogP contribution in [-0.2, 0) is 16.0 Å². The van der Waals surface area contributed by atoms with E-state index in [4.69, 9.17) is 10.9 Å². The fourth-order valence-corrected chi connectivity index (χ4v) is 2.68. The molecule has 0 fully saturated rings. The first-order valence-electron chi connectivity index (χ1n) is 9.94. The summed E-state index contributed by atoms with van der Waals surface area (Å²) in [6.07, 6.45) is -0.954. The third-order valence-corrected chi connectivity index (χ3v) is 4.40. The maximum Gasteiger partial charge on any atom is 0.268 e. The van der Waals surface area contributed by atoms with Gasteiger partial charge in [-0.3, -0.25) is 19.6 Å². The lowest BCUT2D eigenvalue weighted by atomic mass is 10.1. The van der Waals surface area contributed by atoms with Gasteiger partial charge in [-0.1, -0.05) is 24.0 Å². The Labute approximate surface area is 191 Å². The number of nitrogens with two attached hydrogens (primary N) is 1. The van der Waals surface area contributed by atoms with E-state index in [0.717, 1.165) is 11.1 Å². The van der Waals surface area contributed by atoms with E-state index < -0.39 is 24.0 Å². The van der Waals surface area contributed by atoms with Gasteiger partial charge in [0.25, 0.3) is 11.8 Å². The third-order valence-electron chi connectivity index (χ3n) is 4.40. The van der Waals surface area contributed by atoms with Crippen LogP contribution in [0.5, 0.6) is 0 Å². The summed E-state index contributed by atoms with van der Waals surface area (Å²) in [6, 6.07) is 12.2. The number of rotatable bonds is 7. The molecule has 0 heterocycles. The molecule has 2 aromatic rings. The van der Waals surface area contributed by atoms with Crippen LogP contribution >= 0.6 is 0 Å². The van der Waals surface area contributed by atoms with E-state index in [-0.39, 0.29) is 24.6 Å². The normalized spacial score (nSPS) is 11.5. The minimum atomic E-state index is -1.30. The second-order valence-electron chi connectivity index (χ2n) is 6.92. The summed E-state index contributed by atoms with van der Waals surface area (Å²) in [5.41, 5.74) is 9.15. The molecule has 170 valence electrons. The Bertz CT molecular complexity index is 1100. The molecule has 2 aromatic carbocycles. The fraction of sp³-hybridized carbons (Fsp3) is 0.208. The van der Waals surface area contributed by atoms with Crippen molar-refractivity contribution in [2.45, 2.75) is 25.5 Å². The van der Waals surface area contributed by atoms with Crippen LogP contribution in [0.15, 0.2) is 48.5 Å². The molecule has 0 spiro atoms. The van der Waals surface area contributed by atoms with Crippen molar-refractivity contribution in [2.75, 3.05) is 6.67 Å².